The molecule has 2 rings (SSSR count). The monoisotopic (exact) mass is 253 g/mol. The summed E-state index contributed by atoms with van der Waals surface area (Å²) in [6.07, 6.45) is 5.21. The second-order valence-corrected chi connectivity index (χ2v) is 4.80. The third-order valence-corrected chi connectivity index (χ3v) is 3.46. The lowest BCUT2D eigenvalue weighted by atomic mass is 9.77. The normalized spacial score (nSPS) is 17.4. The van der Waals surface area contributed by atoms with Gasteiger partial charge in [0, 0.05) is 6.42 Å². The molecule has 0 unspecified atom stereocenters. The third-order valence-electron chi connectivity index (χ3n) is 3.46. The molecule has 1 aliphatic carbocycles. The van der Waals surface area contributed by atoms with Crippen LogP contribution < -0.4 is 5.32 Å². The molecule has 100 valence electrons. The van der Waals surface area contributed by atoms with Crippen LogP contribution in [0.1, 0.15) is 50.7 Å². The van der Waals surface area contributed by atoms with Crippen LogP contribution >= 0.6 is 0 Å². The molecule has 6 heteroatoms. The Kier molecular flexibility index (Phi) is 3.96. The van der Waals surface area contributed by atoms with Gasteiger partial charge < -0.3 is 9.63 Å². The number of nitrogens with zero attached hydrogens (tertiary/aromatic N) is 2. The second kappa shape index (κ2) is 5.48. The van der Waals surface area contributed by atoms with Crippen molar-refractivity contribution >= 4 is 5.97 Å². The quantitative estimate of drug-likeness (QED) is 0.765. The largest absolute Gasteiger partial charge is 0.480 e. The van der Waals surface area contributed by atoms with Crippen molar-refractivity contribution in [2.75, 3.05) is 0 Å². The molecular formula is C12H19N3O3. The molecule has 0 saturated heterocycles. The van der Waals surface area contributed by atoms with Crippen molar-refractivity contribution in [3.8, 4) is 0 Å². The molecule has 0 atom stereocenters. The highest BCUT2D eigenvalue weighted by Crippen LogP contribution is 2.32. The summed E-state index contributed by atoms with van der Waals surface area (Å²) in [5.74, 6) is 0.375. The minimum Gasteiger partial charge on any atom is -0.480 e. The van der Waals surface area contributed by atoms with Gasteiger partial charge in [0.05, 0.1) is 6.54 Å². The van der Waals surface area contributed by atoms with Crippen LogP contribution in [-0.2, 0) is 17.8 Å². The lowest BCUT2D eigenvalue weighted by Gasteiger charge is -2.38. The Morgan fingerprint density at radius 3 is 2.89 bits per heavy atom. The zero-order valence-corrected chi connectivity index (χ0v) is 10.6. The molecule has 1 saturated carbocycles. The summed E-state index contributed by atoms with van der Waals surface area (Å²) in [7, 11) is 0. The first-order chi connectivity index (χ1) is 8.66. The van der Waals surface area contributed by atoms with Crippen LogP contribution in [0, 0.1) is 0 Å². The molecule has 0 amide bonds. The predicted molar refractivity (Wildman–Crippen MR) is 64.0 cm³/mol. The van der Waals surface area contributed by atoms with E-state index in [1.54, 1.807) is 0 Å². The summed E-state index contributed by atoms with van der Waals surface area (Å²) < 4.78 is 5.09. The molecule has 0 radical (unpaired) electrons. The van der Waals surface area contributed by atoms with Crippen LogP contribution in [-0.4, -0.2) is 26.8 Å². The Labute approximate surface area is 106 Å². The van der Waals surface area contributed by atoms with E-state index >= 15 is 0 Å². The summed E-state index contributed by atoms with van der Waals surface area (Å²) >= 11 is 0. The van der Waals surface area contributed by atoms with Gasteiger partial charge in [0.25, 0.3) is 0 Å². The summed E-state index contributed by atoms with van der Waals surface area (Å²) in [5.41, 5.74) is -0.780. The van der Waals surface area contributed by atoms with E-state index in [1.165, 1.54) is 0 Å². The van der Waals surface area contributed by atoms with Gasteiger partial charge in [-0.25, -0.2) is 0 Å². The van der Waals surface area contributed by atoms with Crippen LogP contribution in [0.5, 0.6) is 0 Å². The summed E-state index contributed by atoms with van der Waals surface area (Å²) in [6.45, 7) is 2.43. The zero-order chi connectivity index (χ0) is 13.0. The van der Waals surface area contributed by atoms with Crippen LogP contribution in [0.25, 0.3) is 0 Å². The van der Waals surface area contributed by atoms with Crippen LogP contribution in [0.3, 0.4) is 0 Å². The van der Waals surface area contributed by atoms with Gasteiger partial charge in [0.15, 0.2) is 5.82 Å². The zero-order valence-electron chi connectivity index (χ0n) is 10.6. The smallest absolute Gasteiger partial charge is 0.323 e. The number of carboxylic acids is 1. The van der Waals surface area contributed by atoms with Crippen molar-refractivity contribution in [1.82, 2.24) is 15.5 Å². The van der Waals surface area contributed by atoms with E-state index in [1.807, 2.05) is 0 Å². The van der Waals surface area contributed by atoms with Crippen LogP contribution in [0.2, 0.25) is 0 Å². The average Bonchev–Trinajstić information content (AvgIpc) is 2.72. The van der Waals surface area contributed by atoms with Crippen molar-refractivity contribution in [3.05, 3.63) is 11.7 Å². The van der Waals surface area contributed by atoms with Crippen LogP contribution in [0.15, 0.2) is 4.52 Å². The van der Waals surface area contributed by atoms with Crippen molar-refractivity contribution in [3.63, 3.8) is 0 Å². The lowest BCUT2D eigenvalue weighted by molar-refractivity contribution is -0.149. The van der Waals surface area contributed by atoms with E-state index in [2.05, 4.69) is 22.4 Å². The number of aromatic nitrogens is 2. The van der Waals surface area contributed by atoms with E-state index in [0.29, 0.717) is 31.1 Å². The maximum atomic E-state index is 11.1. The van der Waals surface area contributed by atoms with Crippen molar-refractivity contribution in [2.24, 2.45) is 0 Å². The highest BCUT2D eigenvalue weighted by Gasteiger charge is 2.44. The van der Waals surface area contributed by atoms with E-state index in [0.717, 1.165) is 25.7 Å². The molecule has 0 bridgehead atoms. The molecule has 0 spiro atoms. The summed E-state index contributed by atoms with van der Waals surface area (Å²) in [4.78, 5) is 15.4. The van der Waals surface area contributed by atoms with Crippen molar-refractivity contribution in [1.29, 1.82) is 0 Å². The van der Waals surface area contributed by atoms with Gasteiger partial charge in [-0.1, -0.05) is 18.5 Å². The SMILES string of the molecule is CCCCc1noc(CNC2(C(=O)O)CCC2)n1. The highest BCUT2D eigenvalue weighted by atomic mass is 16.5. The molecule has 0 aromatic carbocycles. The Bertz CT molecular complexity index is 412. The number of unbranched alkanes of at least 4 members (excludes halogenated alkanes) is 1. The van der Waals surface area contributed by atoms with Gasteiger partial charge in [0.2, 0.25) is 5.89 Å². The molecule has 1 aliphatic rings. The fourth-order valence-corrected chi connectivity index (χ4v) is 2.04. The topological polar surface area (TPSA) is 88.2 Å². The minimum atomic E-state index is -0.792. The van der Waals surface area contributed by atoms with Gasteiger partial charge in [-0.3, -0.25) is 10.1 Å². The number of nitrogens with one attached hydrogen (secondary N) is 1. The van der Waals surface area contributed by atoms with Gasteiger partial charge in [-0.2, -0.15) is 4.98 Å². The molecule has 0 aliphatic heterocycles. The molecule has 6 nitrogen and oxygen atoms in total. The van der Waals surface area contributed by atoms with E-state index in [4.69, 9.17) is 9.63 Å². The Balaban J connectivity index is 1.86. The minimum absolute atomic E-state index is 0.325. The number of hydrogen-bond donors (Lipinski definition) is 2. The van der Waals surface area contributed by atoms with Crippen molar-refractivity contribution in [2.45, 2.75) is 57.5 Å². The molecule has 1 aromatic heterocycles. The molecule has 1 heterocycles. The Morgan fingerprint density at radius 1 is 1.56 bits per heavy atom. The highest BCUT2D eigenvalue weighted by molar-refractivity contribution is 5.79. The first kappa shape index (κ1) is 13.0. The molecule has 1 fully saturated rings. The second-order valence-electron chi connectivity index (χ2n) is 4.80. The first-order valence-electron chi connectivity index (χ1n) is 6.46. The fourth-order valence-electron chi connectivity index (χ4n) is 2.04. The van der Waals surface area contributed by atoms with E-state index in [9.17, 15) is 4.79 Å². The Morgan fingerprint density at radius 2 is 2.33 bits per heavy atom. The maximum Gasteiger partial charge on any atom is 0.323 e. The molecule has 1 aromatic rings. The number of aryl methyl sites for hydroxylation is 1. The Hall–Kier alpha value is -1.43. The van der Waals surface area contributed by atoms with Gasteiger partial charge >= 0.3 is 5.97 Å². The summed E-state index contributed by atoms with van der Waals surface area (Å²) in [5, 5.41) is 16.0. The number of carbonyl (C=O) groups is 1. The number of carboxylic acid groups (broad SMARTS) is 1. The van der Waals surface area contributed by atoms with E-state index < -0.39 is 11.5 Å². The van der Waals surface area contributed by atoms with Crippen molar-refractivity contribution < 1.29 is 14.4 Å². The fraction of sp³-hybridized carbons (Fsp3) is 0.750. The summed E-state index contributed by atoms with van der Waals surface area (Å²) in [6, 6.07) is 0. The van der Waals surface area contributed by atoms with Crippen LogP contribution in [0.4, 0.5) is 0 Å². The molecule has 2 N–H and O–H groups in total. The molecular weight excluding hydrogens is 234 g/mol. The maximum absolute atomic E-state index is 11.1. The third kappa shape index (κ3) is 2.69. The average molecular weight is 253 g/mol. The van der Waals surface area contributed by atoms with Gasteiger partial charge in [-0.15, -0.1) is 0 Å². The van der Waals surface area contributed by atoms with Gasteiger partial charge in [-0.05, 0) is 25.7 Å². The molecule has 18 heavy (non-hydrogen) atoms. The number of hydrogen-bond acceptors (Lipinski definition) is 5. The predicted octanol–water partition coefficient (Wildman–Crippen LogP) is 1.51. The lowest BCUT2D eigenvalue weighted by Crippen LogP contribution is -2.56. The van der Waals surface area contributed by atoms with Gasteiger partial charge in [0.1, 0.15) is 5.54 Å². The number of aliphatic carboxylic acids is 1. The standard InChI is InChI=1S/C12H19N3O3/c1-2-3-5-9-14-10(18-15-9)8-13-12(11(16)17)6-4-7-12/h13H,2-8H2,1H3,(H,16,17). The first-order valence-corrected chi connectivity index (χ1v) is 6.46. The number of rotatable bonds is 7. The van der Waals surface area contributed by atoms with E-state index in [-0.39, 0.29) is 0 Å².